The van der Waals surface area contributed by atoms with E-state index in [2.05, 4.69) is 15.5 Å². The molecule has 9 heteroatoms. The van der Waals surface area contributed by atoms with Crippen molar-refractivity contribution in [3.05, 3.63) is 29.8 Å². The van der Waals surface area contributed by atoms with Gasteiger partial charge in [0.25, 0.3) is 0 Å². The number of hydrogen-bond donors (Lipinski definition) is 2. The Morgan fingerprint density at radius 2 is 1.86 bits per heavy atom. The van der Waals surface area contributed by atoms with E-state index >= 15 is 0 Å². The molecule has 0 saturated carbocycles. The average molecular weight is 354 g/mol. The number of benzene rings is 1. The number of hydrogen-bond acceptors (Lipinski definition) is 7. The molecule has 116 valence electrons. The molecule has 1 aromatic heterocycles. The largest absolute Gasteiger partial charge is 0.366 e. The summed E-state index contributed by atoms with van der Waals surface area (Å²) < 4.78 is 1.63. The van der Waals surface area contributed by atoms with Crippen LogP contribution in [0.2, 0.25) is 0 Å². The lowest BCUT2D eigenvalue weighted by molar-refractivity contribution is -0.115. The molecule has 1 atom stereocenters. The van der Waals surface area contributed by atoms with Crippen molar-refractivity contribution in [2.45, 2.75) is 20.9 Å². The van der Waals surface area contributed by atoms with Crippen molar-refractivity contribution in [3.63, 3.8) is 0 Å². The van der Waals surface area contributed by atoms with Crippen LogP contribution >= 0.6 is 34.9 Å². The van der Waals surface area contributed by atoms with E-state index in [0.717, 1.165) is 8.68 Å². The summed E-state index contributed by atoms with van der Waals surface area (Å²) in [6, 6.07) is 6.44. The number of primary amides is 1. The molecular weight excluding hydrogens is 340 g/mol. The van der Waals surface area contributed by atoms with Gasteiger partial charge < -0.3 is 11.1 Å². The third-order valence-corrected chi connectivity index (χ3v) is 5.73. The van der Waals surface area contributed by atoms with Crippen LogP contribution < -0.4 is 11.1 Å². The highest BCUT2D eigenvalue weighted by atomic mass is 32.2. The molecule has 2 amide bonds. The van der Waals surface area contributed by atoms with Gasteiger partial charge in [-0.1, -0.05) is 34.9 Å². The van der Waals surface area contributed by atoms with E-state index in [1.807, 2.05) is 6.26 Å². The molecular formula is C13H14N4O2S3. The number of thioether (sulfide) groups is 2. The lowest BCUT2D eigenvalue weighted by Crippen LogP contribution is -2.22. The zero-order chi connectivity index (χ0) is 16.1. The minimum absolute atomic E-state index is 0.141. The second-order valence-corrected chi connectivity index (χ2v) is 7.85. The van der Waals surface area contributed by atoms with Crippen LogP contribution in [0, 0.1) is 0 Å². The fourth-order valence-electron chi connectivity index (χ4n) is 1.49. The molecule has 0 spiro atoms. The van der Waals surface area contributed by atoms with Gasteiger partial charge in [0, 0.05) is 11.3 Å². The highest BCUT2D eigenvalue weighted by molar-refractivity contribution is 8.03. The maximum atomic E-state index is 12.1. The van der Waals surface area contributed by atoms with Crippen LogP contribution in [0.25, 0.3) is 0 Å². The molecule has 22 heavy (non-hydrogen) atoms. The van der Waals surface area contributed by atoms with Crippen molar-refractivity contribution in [1.82, 2.24) is 10.2 Å². The Labute approximate surface area is 140 Å². The van der Waals surface area contributed by atoms with Crippen LogP contribution in [-0.4, -0.2) is 33.5 Å². The van der Waals surface area contributed by atoms with Crippen molar-refractivity contribution in [3.8, 4) is 0 Å². The van der Waals surface area contributed by atoms with Crippen LogP contribution in [0.15, 0.2) is 32.9 Å². The number of nitrogens with two attached hydrogens (primary N) is 1. The zero-order valence-corrected chi connectivity index (χ0v) is 14.3. The van der Waals surface area contributed by atoms with Crippen LogP contribution in [-0.2, 0) is 4.79 Å². The Morgan fingerprint density at radius 3 is 2.41 bits per heavy atom. The number of anilines is 1. The number of nitrogens with zero attached hydrogens (tertiary/aromatic N) is 2. The Bertz CT molecular complexity index is 672. The van der Waals surface area contributed by atoms with Crippen molar-refractivity contribution >= 4 is 52.4 Å². The standard InChI is InChI=1S/C13H14N4O2S3/c1-7(21-13-17-16-12(20-2)22-13)11(19)15-9-5-3-8(4-6-9)10(14)18/h3-7H,1-2H3,(H2,14,18)(H,15,19)/t7-/m0/s1. The third kappa shape index (κ3) is 4.46. The quantitative estimate of drug-likeness (QED) is 0.773. The van der Waals surface area contributed by atoms with Gasteiger partial charge in [-0.15, -0.1) is 10.2 Å². The summed E-state index contributed by atoms with van der Waals surface area (Å²) in [7, 11) is 0. The van der Waals surface area contributed by atoms with Crippen molar-refractivity contribution < 1.29 is 9.59 Å². The van der Waals surface area contributed by atoms with Gasteiger partial charge in [0.2, 0.25) is 11.8 Å². The number of carbonyl (C=O) groups is 2. The molecule has 0 radical (unpaired) electrons. The molecule has 1 heterocycles. The van der Waals surface area contributed by atoms with Gasteiger partial charge in [-0.2, -0.15) is 0 Å². The summed E-state index contributed by atoms with van der Waals surface area (Å²) in [4.78, 5) is 23.1. The summed E-state index contributed by atoms with van der Waals surface area (Å²) >= 11 is 4.35. The average Bonchev–Trinajstić information content (AvgIpc) is 2.95. The fraction of sp³-hybridized carbons (Fsp3) is 0.231. The van der Waals surface area contributed by atoms with E-state index in [-0.39, 0.29) is 11.2 Å². The lowest BCUT2D eigenvalue weighted by atomic mass is 10.2. The van der Waals surface area contributed by atoms with Crippen LogP contribution in [0.1, 0.15) is 17.3 Å². The molecule has 2 rings (SSSR count). The van der Waals surface area contributed by atoms with Gasteiger partial charge in [0.1, 0.15) is 0 Å². The van der Waals surface area contributed by atoms with Crippen LogP contribution in [0.5, 0.6) is 0 Å². The molecule has 0 saturated heterocycles. The maximum Gasteiger partial charge on any atom is 0.248 e. The van der Waals surface area contributed by atoms with Gasteiger partial charge in [-0.3, -0.25) is 9.59 Å². The summed E-state index contributed by atoms with van der Waals surface area (Å²) in [5.74, 6) is -0.639. The minimum Gasteiger partial charge on any atom is -0.366 e. The lowest BCUT2D eigenvalue weighted by Gasteiger charge is -2.10. The number of aromatic nitrogens is 2. The third-order valence-electron chi connectivity index (χ3n) is 2.65. The fourth-order valence-corrected chi connectivity index (χ4v) is 4.08. The SMILES string of the molecule is CSc1nnc(S[C@@H](C)C(=O)Nc2ccc(C(N)=O)cc2)s1. The number of nitrogens with one attached hydrogen (secondary N) is 1. The minimum atomic E-state index is -0.498. The first-order valence-corrected chi connectivity index (χ1v) is 9.16. The molecule has 1 aromatic carbocycles. The number of carbonyl (C=O) groups excluding carboxylic acids is 2. The Hall–Kier alpha value is -1.58. The van der Waals surface area contributed by atoms with E-state index in [9.17, 15) is 9.59 Å². The van der Waals surface area contributed by atoms with Gasteiger partial charge in [-0.05, 0) is 37.4 Å². The maximum absolute atomic E-state index is 12.1. The summed E-state index contributed by atoms with van der Waals surface area (Å²) in [6.45, 7) is 1.80. The smallest absolute Gasteiger partial charge is 0.248 e. The number of amides is 2. The molecule has 0 fully saturated rings. The highest BCUT2D eigenvalue weighted by Gasteiger charge is 2.17. The van der Waals surface area contributed by atoms with Gasteiger partial charge in [0.15, 0.2) is 8.68 Å². The predicted molar refractivity (Wildman–Crippen MR) is 90.6 cm³/mol. The molecule has 0 aliphatic carbocycles. The zero-order valence-electron chi connectivity index (χ0n) is 11.9. The monoisotopic (exact) mass is 354 g/mol. The first-order chi connectivity index (χ1) is 10.5. The van der Waals surface area contributed by atoms with Gasteiger partial charge in [-0.25, -0.2) is 0 Å². The first-order valence-electron chi connectivity index (χ1n) is 6.24. The van der Waals surface area contributed by atoms with E-state index in [4.69, 9.17) is 5.73 Å². The number of rotatable bonds is 6. The molecule has 0 bridgehead atoms. The predicted octanol–water partition coefficient (Wildman–Crippen LogP) is 2.48. The van der Waals surface area contributed by atoms with Crippen molar-refractivity contribution in [2.75, 3.05) is 11.6 Å². The molecule has 6 nitrogen and oxygen atoms in total. The first kappa shape index (κ1) is 16.8. The van der Waals surface area contributed by atoms with Crippen LogP contribution in [0.3, 0.4) is 0 Å². The molecule has 2 aromatic rings. The Kier molecular flexibility index (Phi) is 5.81. The molecule has 0 aliphatic rings. The summed E-state index contributed by atoms with van der Waals surface area (Å²) in [5, 5.41) is 10.5. The molecule has 0 unspecified atom stereocenters. The molecule has 3 N–H and O–H groups in total. The van der Waals surface area contributed by atoms with E-state index in [1.54, 1.807) is 31.2 Å². The summed E-state index contributed by atoms with van der Waals surface area (Å²) in [6.07, 6.45) is 1.93. The molecule has 0 aliphatic heterocycles. The highest BCUT2D eigenvalue weighted by Crippen LogP contribution is 2.30. The van der Waals surface area contributed by atoms with Gasteiger partial charge >= 0.3 is 0 Å². The second kappa shape index (κ2) is 7.61. The van der Waals surface area contributed by atoms with Crippen LogP contribution in [0.4, 0.5) is 5.69 Å². The van der Waals surface area contributed by atoms with Gasteiger partial charge in [0.05, 0.1) is 5.25 Å². The van der Waals surface area contributed by atoms with Crippen molar-refractivity contribution in [1.29, 1.82) is 0 Å². The van der Waals surface area contributed by atoms with E-state index < -0.39 is 5.91 Å². The van der Waals surface area contributed by atoms with E-state index in [1.165, 1.54) is 34.9 Å². The topological polar surface area (TPSA) is 98.0 Å². The summed E-state index contributed by atoms with van der Waals surface area (Å²) in [5.41, 5.74) is 6.19. The van der Waals surface area contributed by atoms with E-state index in [0.29, 0.717) is 11.3 Å². The normalized spacial score (nSPS) is 11.9. The van der Waals surface area contributed by atoms with Crippen molar-refractivity contribution in [2.24, 2.45) is 5.73 Å². The Balaban J connectivity index is 1.94. The second-order valence-electron chi connectivity index (χ2n) is 4.23. The Morgan fingerprint density at radius 1 is 1.23 bits per heavy atom.